The molecule has 0 aliphatic rings. The zero-order valence-electron chi connectivity index (χ0n) is 12.9. The van der Waals surface area contributed by atoms with Crippen molar-refractivity contribution in [2.24, 2.45) is 11.8 Å². The van der Waals surface area contributed by atoms with Crippen LogP contribution in [0.2, 0.25) is 0 Å². The molecule has 1 atom stereocenters. The number of carbonyl (C=O) groups is 2. The van der Waals surface area contributed by atoms with E-state index in [4.69, 9.17) is 5.11 Å². The van der Waals surface area contributed by atoms with Gasteiger partial charge in [0.15, 0.2) is 0 Å². The van der Waals surface area contributed by atoms with Gasteiger partial charge < -0.3 is 15.3 Å². The summed E-state index contributed by atoms with van der Waals surface area (Å²) in [6.07, 6.45) is 3.36. The monoisotopic (exact) mass is 284 g/mol. The molecule has 2 N–H and O–H groups in total. The molecule has 0 aromatic heterocycles. The predicted molar refractivity (Wildman–Crippen MR) is 80.7 cm³/mol. The molecule has 0 spiro atoms. The van der Waals surface area contributed by atoms with Gasteiger partial charge in [-0.15, -0.1) is 6.58 Å². The number of likely N-dealkylation sites (N-methyl/N-ethyl adjacent to an activating group) is 1. The number of rotatable bonds is 10. The summed E-state index contributed by atoms with van der Waals surface area (Å²) in [5.41, 5.74) is 0. The molecule has 0 aliphatic carbocycles. The van der Waals surface area contributed by atoms with Gasteiger partial charge in [-0.05, 0) is 31.6 Å². The first-order chi connectivity index (χ1) is 9.42. The lowest BCUT2D eigenvalue weighted by atomic mass is 9.88. The van der Waals surface area contributed by atoms with Gasteiger partial charge in [-0.3, -0.25) is 4.79 Å². The largest absolute Gasteiger partial charge is 0.481 e. The molecule has 0 aromatic rings. The quantitative estimate of drug-likeness (QED) is 0.606. The number of urea groups is 1. The molecule has 0 rings (SSSR count). The second kappa shape index (κ2) is 10.3. The summed E-state index contributed by atoms with van der Waals surface area (Å²) in [6, 6.07) is -0.0897. The van der Waals surface area contributed by atoms with Gasteiger partial charge in [-0.25, -0.2) is 4.79 Å². The van der Waals surface area contributed by atoms with Crippen molar-refractivity contribution in [3.8, 4) is 0 Å². The van der Waals surface area contributed by atoms with E-state index in [0.29, 0.717) is 37.9 Å². The Hall–Kier alpha value is -1.52. The summed E-state index contributed by atoms with van der Waals surface area (Å²) in [5.74, 6) is -0.0228. The van der Waals surface area contributed by atoms with Crippen molar-refractivity contribution in [1.82, 2.24) is 10.2 Å². The van der Waals surface area contributed by atoms with E-state index in [1.54, 1.807) is 11.0 Å². The molecule has 20 heavy (non-hydrogen) atoms. The minimum absolute atomic E-state index is 0.0897. The van der Waals surface area contributed by atoms with E-state index in [1.165, 1.54) is 0 Å². The summed E-state index contributed by atoms with van der Waals surface area (Å²) < 4.78 is 0. The summed E-state index contributed by atoms with van der Waals surface area (Å²) in [7, 11) is 0. The molecule has 0 radical (unpaired) electrons. The van der Waals surface area contributed by atoms with E-state index in [-0.39, 0.29) is 12.5 Å². The van der Waals surface area contributed by atoms with Crippen LogP contribution >= 0.6 is 0 Å². The maximum Gasteiger partial charge on any atom is 0.317 e. The first-order valence-electron chi connectivity index (χ1n) is 7.27. The van der Waals surface area contributed by atoms with Gasteiger partial charge in [0.05, 0.1) is 0 Å². The van der Waals surface area contributed by atoms with E-state index in [0.717, 1.165) is 6.42 Å². The van der Waals surface area contributed by atoms with Crippen LogP contribution in [0.3, 0.4) is 0 Å². The smallest absolute Gasteiger partial charge is 0.317 e. The van der Waals surface area contributed by atoms with Gasteiger partial charge in [-0.2, -0.15) is 0 Å². The molecule has 0 saturated heterocycles. The van der Waals surface area contributed by atoms with Gasteiger partial charge in [0, 0.05) is 26.1 Å². The lowest BCUT2D eigenvalue weighted by Gasteiger charge is -2.23. The average Bonchev–Trinajstić information content (AvgIpc) is 2.38. The van der Waals surface area contributed by atoms with Crippen LogP contribution in [0.25, 0.3) is 0 Å². The maximum atomic E-state index is 11.9. The Morgan fingerprint density at radius 1 is 1.35 bits per heavy atom. The van der Waals surface area contributed by atoms with E-state index < -0.39 is 5.97 Å². The van der Waals surface area contributed by atoms with Crippen LogP contribution in [-0.4, -0.2) is 41.6 Å². The van der Waals surface area contributed by atoms with Crippen LogP contribution in [0.15, 0.2) is 12.7 Å². The van der Waals surface area contributed by atoms with Gasteiger partial charge in [0.1, 0.15) is 0 Å². The number of hydrogen-bond acceptors (Lipinski definition) is 2. The van der Waals surface area contributed by atoms with Gasteiger partial charge >= 0.3 is 12.0 Å². The lowest BCUT2D eigenvalue weighted by molar-refractivity contribution is -0.137. The van der Waals surface area contributed by atoms with Gasteiger partial charge in [-0.1, -0.05) is 19.9 Å². The number of aliphatic carboxylic acids is 1. The summed E-state index contributed by atoms with van der Waals surface area (Å²) in [4.78, 5) is 24.2. The first kappa shape index (κ1) is 18.5. The minimum atomic E-state index is -0.761. The fourth-order valence-corrected chi connectivity index (χ4v) is 2.11. The number of carbonyl (C=O) groups excluding carboxylic acids is 1. The topological polar surface area (TPSA) is 69.6 Å². The Labute approximate surface area is 122 Å². The maximum absolute atomic E-state index is 11.9. The SMILES string of the molecule is C=CCN(CC)C(=O)NCCC(CCC(=O)O)C(C)C. The molecule has 5 nitrogen and oxygen atoms in total. The Balaban J connectivity index is 4.12. The molecule has 0 heterocycles. The Kier molecular flexibility index (Phi) is 9.51. The highest BCUT2D eigenvalue weighted by Crippen LogP contribution is 2.20. The van der Waals surface area contributed by atoms with Crippen LogP contribution in [-0.2, 0) is 4.79 Å². The van der Waals surface area contributed by atoms with Gasteiger partial charge in [0.25, 0.3) is 0 Å². The second-order valence-electron chi connectivity index (χ2n) is 5.28. The predicted octanol–water partition coefficient (Wildman–Crippen LogP) is 2.73. The summed E-state index contributed by atoms with van der Waals surface area (Å²) in [5, 5.41) is 11.6. The molecular formula is C15H28N2O3. The number of nitrogens with zero attached hydrogens (tertiary/aromatic N) is 1. The molecule has 0 saturated carbocycles. The first-order valence-corrected chi connectivity index (χ1v) is 7.27. The van der Waals surface area contributed by atoms with Crippen LogP contribution in [0, 0.1) is 11.8 Å². The lowest BCUT2D eigenvalue weighted by Crippen LogP contribution is -2.40. The molecule has 0 bridgehead atoms. The van der Waals surface area contributed by atoms with Crippen LogP contribution in [0.4, 0.5) is 4.79 Å². The number of nitrogens with one attached hydrogen (secondary N) is 1. The van der Waals surface area contributed by atoms with Crippen molar-refractivity contribution >= 4 is 12.0 Å². The van der Waals surface area contributed by atoms with E-state index in [9.17, 15) is 9.59 Å². The molecule has 2 amide bonds. The van der Waals surface area contributed by atoms with Crippen molar-refractivity contribution in [3.05, 3.63) is 12.7 Å². The van der Waals surface area contributed by atoms with Crippen molar-refractivity contribution in [2.45, 2.75) is 40.0 Å². The number of amides is 2. The molecular weight excluding hydrogens is 256 g/mol. The molecule has 0 aromatic carbocycles. The molecule has 0 fully saturated rings. The third-order valence-corrected chi connectivity index (χ3v) is 3.48. The zero-order valence-corrected chi connectivity index (χ0v) is 12.9. The highest BCUT2D eigenvalue weighted by atomic mass is 16.4. The van der Waals surface area contributed by atoms with E-state index >= 15 is 0 Å². The number of carboxylic acids is 1. The van der Waals surface area contributed by atoms with Gasteiger partial charge in [0.2, 0.25) is 0 Å². The molecule has 0 aliphatic heterocycles. The third-order valence-electron chi connectivity index (χ3n) is 3.48. The average molecular weight is 284 g/mol. The summed E-state index contributed by atoms with van der Waals surface area (Å²) >= 11 is 0. The number of carboxylic acid groups (broad SMARTS) is 1. The zero-order chi connectivity index (χ0) is 15.5. The number of hydrogen-bond donors (Lipinski definition) is 2. The van der Waals surface area contributed by atoms with Crippen LogP contribution in [0.5, 0.6) is 0 Å². The highest BCUT2D eigenvalue weighted by molar-refractivity contribution is 5.74. The van der Waals surface area contributed by atoms with E-state index in [2.05, 4.69) is 25.7 Å². The standard InChI is InChI=1S/C15H28N2O3/c1-5-11-17(6-2)15(20)16-10-9-13(12(3)4)7-8-14(18)19/h5,12-13H,1,6-11H2,2-4H3,(H,16,20)(H,18,19). The van der Waals surface area contributed by atoms with Crippen molar-refractivity contribution in [3.63, 3.8) is 0 Å². The normalized spacial score (nSPS) is 12.0. The van der Waals surface area contributed by atoms with Crippen molar-refractivity contribution < 1.29 is 14.7 Å². The molecule has 5 heteroatoms. The Morgan fingerprint density at radius 2 is 2.00 bits per heavy atom. The minimum Gasteiger partial charge on any atom is -0.481 e. The third kappa shape index (κ3) is 7.81. The fraction of sp³-hybridized carbons (Fsp3) is 0.733. The van der Waals surface area contributed by atoms with Crippen molar-refractivity contribution in [1.29, 1.82) is 0 Å². The van der Waals surface area contributed by atoms with Crippen molar-refractivity contribution in [2.75, 3.05) is 19.6 Å². The Morgan fingerprint density at radius 3 is 2.45 bits per heavy atom. The highest BCUT2D eigenvalue weighted by Gasteiger charge is 2.16. The Bertz CT molecular complexity index is 316. The molecule has 116 valence electrons. The fourth-order valence-electron chi connectivity index (χ4n) is 2.11. The second-order valence-corrected chi connectivity index (χ2v) is 5.28. The van der Waals surface area contributed by atoms with E-state index in [1.807, 2.05) is 6.92 Å². The van der Waals surface area contributed by atoms with Crippen LogP contribution < -0.4 is 5.32 Å². The molecule has 1 unspecified atom stereocenters. The summed E-state index contributed by atoms with van der Waals surface area (Å²) in [6.45, 7) is 11.5. The van der Waals surface area contributed by atoms with Crippen LogP contribution in [0.1, 0.15) is 40.0 Å².